The Balaban J connectivity index is 1.10. The van der Waals surface area contributed by atoms with Crippen LogP contribution in [-0.4, -0.2) is 52.0 Å². The topological polar surface area (TPSA) is 74.5 Å². The Labute approximate surface area is 211 Å². The first-order valence-electron chi connectivity index (χ1n) is 12.5. The fourth-order valence-electron chi connectivity index (χ4n) is 4.97. The monoisotopic (exact) mass is 493 g/mol. The van der Waals surface area contributed by atoms with Gasteiger partial charge in [-0.3, -0.25) is 14.6 Å². The lowest BCUT2D eigenvalue weighted by atomic mass is 9.97. The molecule has 1 amide bonds. The second-order valence-corrected chi connectivity index (χ2v) is 9.99. The van der Waals surface area contributed by atoms with Crippen molar-refractivity contribution in [2.45, 2.75) is 45.3 Å². The molecule has 2 aliphatic rings. The van der Waals surface area contributed by atoms with E-state index in [4.69, 9.17) is 16.1 Å². The van der Waals surface area contributed by atoms with Gasteiger partial charge in [-0.1, -0.05) is 53.2 Å². The van der Waals surface area contributed by atoms with Gasteiger partial charge in [0, 0.05) is 25.2 Å². The fourth-order valence-corrected chi connectivity index (χ4v) is 5.19. The molecular weight excluding hydrogens is 462 g/mol. The van der Waals surface area contributed by atoms with Gasteiger partial charge in [0.25, 0.3) is 0 Å². The Morgan fingerprint density at radius 3 is 2.51 bits per heavy atom. The average molecular weight is 494 g/mol. The molecule has 184 valence electrons. The van der Waals surface area contributed by atoms with Crippen molar-refractivity contribution in [2.24, 2.45) is 5.92 Å². The summed E-state index contributed by atoms with van der Waals surface area (Å²) >= 11 is 6.25. The van der Waals surface area contributed by atoms with Crippen molar-refractivity contribution >= 4 is 17.5 Å². The normalized spacial score (nSPS) is 19.2. The largest absolute Gasteiger partial charge is 0.352 e. The van der Waals surface area contributed by atoms with Crippen molar-refractivity contribution in [2.75, 3.05) is 26.2 Å². The number of hydrogen-bond acceptors (Lipinski definition) is 6. The number of rotatable bonds is 8. The smallest absolute Gasteiger partial charge is 0.241 e. The Bertz CT molecular complexity index is 1130. The molecule has 2 aliphatic heterocycles. The molecule has 8 heteroatoms. The minimum absolute atomic E-state index is 0.0378. The third kappa shape index (κ3) is 6.28. The number of aromatic nitrogens is 2. The van der Waals surface area contributed by atoms with Gasteiger partial charge >= 0.3 is 0 Å². The van der Waals surface area contributed by atoms with Crippen LogP contribution in [0.25, 0.3) is 11.4 Å². The predicted molar refractivity (Wildman–Crippen MR) is 136 cm³/mol. The molecule has 3 aromatic rings. The van der Waals surface area contributed by atoms with Crippen LogP contribution in [0.4, 0.5) is 0 Å². The molecule has 1 N–H and O–H groups in total. The van der Waals surface area contributed by atoms with Crippen molar-refractivity contribution in [1.82, 2.24) is 25.3 Å². The maximum Gasteiger partial charge on any atom is 0.241 e. The standard InChI is InChI=1S/C27H32ClN5O2/c28-24-8-2-1-7-23(24)26-30-25(35-31-26)19-33-15-5-6-22(18-33)27(34)29-16-20-9-11-21(12-10-20)17-32-13-3-4-14-32/h1-2,7-12,22H,3-6,13-19H2,(H,29,34). The summed E-state index contributed by atoms with van der Waals surface area (Å²) in [5.41, 5.74) is 3.22. The maximum absolute atomic E-state index is 12.9. The highest BCUT2D eigenvalue weighted by Gasteiger charge is 2.27. The van der Waals surface area contributed by atoms with Crippen LogP contribution in [0.5, 0.6) is 0 Å². The van der Waals surface area contributed by atoms with E-state index in [0.29, 0.717) is 36.4 Å². The van der Waals surface area contributed by atoms with Crippen LogP contribution in [0.1, 0.15) is 42.7 Å². The van der Waals surface area contributed by atoms with Gasteiger partial charge in [-0.2, -0.15) is 4.98 Å². The number of halogens is 1. The summed E-state index contributed by atoms with van der Waals surface area (Å²) in [6.45, 7) is 6.10. The molecule has 0 aliphatic carbocycles. The van der Waals surface area contributed by atoms with Gasteiger partial charge in [-0.25, -0.2) is 0 Å². The number of nitrogens with zero attached hydrogens (tertiary/aromatic N) is 4. The van der Waals surface area contributed by atoms with E-state index in [2.05, 4.69) is 49.5 Å². The van der Waals surface area contributed by atoms with Crippen molar-refractivity contribution in [3.8, 4) is 11.4 Å². The molecule has 2 saturated heterocycles. The molecule has 0 bridgehead atoms. The zero-order chi connectivity index (χ0) is 24.0. The van der Waals surface area contributed by atoms with E-state index in [9.17, 15) is 4.79 Å². The second kappa shape index (κ2) is 11.3. The molecule has 2 aromatic carbocycles. The van der Waals surface area contributed by atoms with Crippen LogP contribution in [0.3, 0.4) is 0 Å². The first-order valence-corrected chi connectivity index (χ1v) is 12.9. The second-order valence-electron chi connectivity index (χ2n) is 9.58. The third-order valence-corrected chi connectivity index (χ3v) is 7.24. The molecule has 0 spiro atoms. The first kappa shape index (κ1) is 24.0. The van der Waals surface area contributed by atoms with E-state index in [1.807, 2.05) is 24.3 Å². The Hall–Kier alpha value is -2.74. The molecule has 0 radical (unpaired) electrons. The van der Waals surface area contributed by atoms with Gasteiger partial charge in [0.15, 0.2) is 0 Å². The van der Waals surface area contributed by atoms with Crippen LogP contribution in [0, 0.1) is 5.92 Å². The molecule has 7 nitrogen and oxygen atoms in total. The van der Waals surface area contributed by atoms with Gasteiger partial charge in [-0.15, -0.1) is 0 Å². The number of amides is 1. The van der Waals surface area contributed by atoms with Gasteiger partial charge in [0.05, 0.1) is 17.5 Å². The Morgan fingerprint density at radius 1 is 0.971 bits per heavy atom. The number of carbonyl (C=O) groups excluding carboxylic acids is 1. The van der Waals surface area contributed by atoms with Crippen LogP contribution < -0.4 is 5.32 Å². The molecular formula is C27H32ClN5O2. The summed E-state index contributed by atoms with van der Waals surface area (Å²) in [5.74, 6) is 1.10. The number of likely N-dealkylation sites (tertiary alicyclic amines) is 2. The lowest BCUT2D eigenvalue weighted by molar-refractivity contribution is -0.127. The van der Waals surface area contributed by atoms with Crippen molar-refractivity contribution in [1.29, 1.82) is 0 Å². The van der Waals surface area contributed by atoms with Crippen molar-refractivity contribution in [3.63, 3.8) is 0 Å². The lowest BCUT2D eigenvalue weighted by Gasteiger charge is -2.30. The summed E-state index contributed by atoms with van der Waals surface area (Å²) in [7, 11) is 0. The van der Waals surface area contributed by atoms with Crippen LogP contribution in [0.15, 0.2) is 53.1 Å². The van der Waals surface area contributed by atoms with Crippen LogP contribution in [0.2, 0.25) is 5.02 Å². The van der Waals surface area contributed by atoms with Gasteiger partial charge in [0.1, 0.15) is 0 Å². The van der Waals surface area contributed by atoms with E-state index in [1.165, 1.54) is 31.5 Å². The highest BCUT2D eigenvalue weighted by Crippen LogP contribution is 2.26. The van der Waals surface area contributed by atoms with Crippen molar-refractivity contribution in [3.05, 3.63) is 70.6 Å². The Kier molecular flexibility index (Phi) is 7.76. The minimum atomic E-state index is -0.0378. The average Bonchev–Trinajstić information content (AvgIpc) is 3.56. The molecule has 1 aromatic heterocycles. The number of piperidine rings is 1. The summed E-state index contributed by atoms with van der Waals surface area (Å²) in [4.78, 5) is 22.1. The fraction of sp³-hybridized carbons (Fsp3) is 0.444. The quantitative estimate of drug-likeness (QED) is 0.497. The minimum Gasteiger partial charge on any atom is -0.352 e. The maximum atomic E-state index is 12.9. The molecule has 1 unspecified atom stereocenters. The lowest BCUT2D eigenvalue weighted by Crippen LogP contribution is -2.42. The zero-order valence-electron chi connectivity index (χ0n) is 20.0. The molecule has 2 fully saturated rings. The number of carbonyl (C=O) groups is 1. The summed E-state index contributed by atoms with van der Waals surface area (Å²) < 4.78 is 5.46. The summed E-state index contributed by atoms with van der Waals surface area (Å²) in [5, 5.41) is 7.81. The predicted octanol–water partition coefficient (Wildman–Crippen LogP) is 4.51. The molecule has 35 heavy (non-hydrogen) atoms. The summed E-state index contributed by atoms with van der Waals surface area (Å²) in [6.07, 6.45) is 4.48. The van der Waals surface area contributed by atoms with E-state index in [-0.39, 0.29) is 11.8 Å². The highest BCUT2D eigenvalue weighted by atomic mass is 35.5. The number of nitrogens with one attached hydrogen (secondary N) is 1. The molecule has 1 atom stereocenters. The van der Waals surface area contributed by atoms with Crippen molar-refractivity contribution < 1.29 is 9.32 Å². The number of benzene rings is 2. The highest BCUT2D eigenvalue weighted by molar-refractivity contribution is 6.33. The van der Waals surface area contributed by atoms with Gasteiger partial charge in [0.2, 0.25) is 17.6 Å². The zero-order valence-corrected chi connectivity index (χ0v) is 20.7. The van der Waals surface area contributed by atoms with E-state index < -0.39 is 0 Å². The van der Waals surface area contributed by atoms with E-state index in [0.717, 1.165) is 37.1 Å². The molecule has 3 heterocycles. The molecule has 0 saturated carbocycles. The number of hydrogen-bond donors (Lipinski definition) is 1. The Morgan fingerprint density at radius 2 is 1.71 bits per heavy atom. The summed E-state index contributed by atoms with van der Waals surface area (Å²) in [6, 6.07) is 16.1. The van der Waals surface area contributed by atoms with Gasteiger partial charge < -0.3 is 9.84 Å². The van der Waals surface area contributed by atoms with Gasteiger partial charge in [-0.05, 0) is 68.6 Å². The first-order chi connectivity index (χ1) is 17.1. The van der Waals surface area contributed by atoms with E-state index in [1.54, 1.807) is 0 Å². The SMILES string of the molecule is O=C(NCc1ccc(CN2CCCC2)cc1)C1CCCN(Cc2nc(-c3ccccc3Cl)no2)C1. The van der Waals surface area contributed by atoms with Crippen LogP contribution in [-0.2, 0) is 24.4 Å². The third-order valence-electron chi connectivity index (χ3n) is 6.91. The molecule has 5 rings (SSSR count). The van der Waals surface area contributed by atoms with Crippen LogP contribution >= 0.6 is 11.6 Å². The van der Waals surface area contributed by atoms with E-state index >= 15 is 0 Å².